The maximum absolute atomic E-state index is 5.71. The van der Waals surface area contributed by atoms with Crippen molar-refractivity contribution in [2.24, 2.45) is 11.7 Å². The molecule has 0 bridgehead atoms. The highest BCUT2D eigenvalue weighted by atomic mass is 32.2. The Morgan fingerprint density at radius 1 is 1.69 bits per heavy atom. The van der Waals surface area contributed by atoms with E-state index in [1.54, 1.807) is 0 Å². The summed E-state index contributed by atoms with van der Waals surface area (Å²) in [6.45, 7) is 3.38. The Labute approximate surface area is 85.0 Å². The van der Waals surface area contributed by atoms with Crippen molar-refractivity contribution in [2.75, 3.05) is 24.6 Å². The Hall–Kier alpha value is -0.170. The predicted octanol–water partition coefficient (Wildman–Crippen LogP) is 0.680. The average molecular weight is 198 g/mol. The molecule has 1 saturated heterocycles. The van der Waals surface area contributed by atoms with E-state index in [2.05, 4.69) is 17.2 Å². The van der Waals surface area contributed by atoms with Crippen molar-refractivity contribution in [1.82, 2.24) is 5.32 Å². The van der Waals surface area contributed by atoms with Crippen molar-refractivity contribution in [2.45, 2.75) is 19.4 Å². The van der Waals surface area contributed by atoms with Gasteiger partial charge in [-0.15, -0.1) is 5.92 Å². The van der Waals surface area contributed by atoms with Crippen LogP contribution in [0.5, 0.6) is 0 Å². The molecule has 2 unspecified atom stereocenters. The van der Waals surface area contributed by atoms with Gasteiger partial charge in [0.2, 0.25) is 0 Å². The van der Waals surface area contributed by atoms with Gasteiger partial charge < -0.3 is 11.1 Å². The molecule has 1 fully saturated rings. The van der Waals surface area contributed by atoms with Gasteiger partial charge in [0.1, 0.15) is 0 Å². The third-order valence-corrected chi connectivity index (χ3v) is 3.61. The van der Waals surface area contributed by atoms with Crippen LogP contribution in [0.3, 0.4) is 0 Å². The van der Waals surface area contributed by atoms with Gasteiger partial charge in [0, 0.05) is 12.6 Å². The first-order chi connectivity index (χ1) is 6.38. The van der Waals surface area contributed by atoms with Crippen molar-refractivity contribution >= 4 is 11.8 Å². The lowest BCUT2D eigenvalue weighted by Crippen LogP contribution is -2.42. The fourth-order valence-electron chi connectivity index (χ4n) is 1.58. The molecule has 0 spiro atoms. The zero-order valence-electron chi connectivity index (χ0n) is 8.18. The van der Waals surface area contributed by atoms with E-state index in [0.717, 1.165) is 19.0 Å². The highest BCUT2D eigenvalue weighted by molar-refractivity contribution is 7.99. The molecule has 0 aliphatic carbocycles. The second kappa shape index (κ2) is 6.31. The molecule has 1 aliphatic heterocycles. The fourth-order valence-corrected chi connectivity index (χ4v) is 2.92. The van der Waals surface area contributed by atoms with E-state index in [9.17, 15) is 0 Å². The van der Waals surface area contributed by atoms with Gasteiger partial charge in [0.25, 0.3) is 0 Å². The zero-order chi connectivity index (χ0) is 9.52. The molecule has 0 saturated carbocycles. The molecule has 0 radical (unpaired) electrons. The third-order valence-electron chi connectivity index (χ3n) is 2.42. The van der Waals surface area contributed by atoms with Crippen LogP contribution in [0, 0.1) is 17.8 Å². The van der Waals surface area contributed by atoms with Crippen LogP contribution >= 0.6 is 11.8 Å². The summed E-state index contributed by atoms with van der Waals surface area (Å²) in [5.41, 5.74) is 5.71. The molecule has 13 heavy (non-hydrogen) atoms. The maximum Gasteiger partial charge on any atom is 0.0579 e. The van der Waals surface area contributed by atoms with Crippen molar-refractivity contribution in [3.63, 3.8) is 0 Å². The van der Waals surface area contributed by atoms with Gasteiger partial charge in [0.15, 0.2) is 0 Å². The van der Waals surface area contributed by atoms with Gasteiger partial charge in [-0.1, -0.05) is 5.92 Å². The minimum Gasteiger partial charge on any atom is -0.329 e. The van der Waals surface area contributed by atoms with Crippen LogP contribution in [-0.4, -0.2) is 30.6 Å². The van der Waals surface area contributed by atoms with Crippen LogP contribution in [0.25, 0.3) is 0 Å². The predicted molar refractivity (Wildman–Crippen MR) is 59.7 cm³/mol. The molecular formula is C10H18N2S. The number of nitrogens with two attached hydrogens (primary N) is 1. The second-order valence-electron chi connectivity index (χ2n) is 3.27. The van der Waals surface area contributed by atoms with Gasteiger partial charge in [-0.25, -0.2) is 0 Å². The number of thioether (sulfide) groups is 1. The smallest absolute Gasteiger partial charge is 0.0579 e. The Bertz CT molecular complexity index is 189. The summed E-state index contributed by atoms with van der Waals surface area (Å²) < 4.78 is 0. The molecular weight excluding hydrogens is 180 g/mol. The molecule has 0 aromatic rings. The van der Waals surface area contributed by atoms with E-state index in [1.807, 2.05) is 18.7 Å². The molecule has 3 N–H and O–H groups in total. The standard InChI is InChI=1S/C10H18N2S/c1-2-3-5-12-10(7-11)9-4-6-13-8-9/h9-10,12H,4-8,11H2,1H3. The highest BCUT2D eigenvalue weighted by Gasteiger charge is 2.23. The van der Waals surface area contributed by atoms with E-state index >= 15 is 0 Å². The lowest BCUT2D eigenvalue weighted by atomic mass is 9.99. The summed E-state index contributed by atoms with van der Waals surface area (Å²) in [4.78, 5) is 0. The van der Waals surface area contributed by atoms with Crippen molar-refractivity contribution in [1.29, 1.82) is 0 Å². The molecule has 0 aromatic heterocycles. The maximum atomic E-state index is 5.71. The Morgan fingerprint density at radius 2 is 2.54 bits per heavy atom. The quantitative estimate of drug-likeness (QED) is 0.652. The molecule has 1 heterocycles. The van der Waals surface area contributed by atoms with Crippen LogP contribution in [0.1, 0.15) is 13.3 Å². The summed E-state index contributed by atoms with van der Waals surface area (Å²) in [5.74, 6) is 9.20. The summed E-state index contributed by atoms with van der Waals surface area (Å²) >= 11 is 2.03. The first kappa shape index (κ1) is 10.9. The first-order valence-corrected chi connectivity index (χ1v) is 5.94. The minimum atomic E-state index is 0.468. The number of rotatable bonds is 4. The first-order valence-electron chi connectivity index (χ1n) is 4.79. The number of hydrogen-bond donors (Lipinski definition) is 2. The molecule has 0 aromatic carbocycles. The van der Waals surface area contributed by atoms with Crippen LogP contribution < -0.4 is 11.1 Å². The molecule has 1 aliphatic rings. The van der Waals surface area contributed by atoms with Crippen LogP contribution in [0.2, 0.25) is 0 Å². The normalized spacial score (nSPS) is 23.7. The second-order valence-corrected chi connectivity index (χ2v) is 4.42. The fraction of sp³-hybridized carbons (Fsp3) is 0.800. The summed E-state index contributed by atoms with van der Waals surface area (Å²) in [6, 6.07) is 0.468. The highest BCUT2D eigenvalue weighted by Crippen LogP contribution is 2.25. The van der Waals surface area contributed by atoms with Crippen LogP contribution in [0.15, 0.2) is 0 Å². The number of hydrogen-bond acceptors (Lipinski definition) is 3. The van der Waals surface area contributed by atoms with E-state index in [4.69, 9.17) is 5.73 Å². The van der Waals surface area contributed by atoms with E-state index in [0.29, 0.717) is 6.04 Å². The van der Waals surface area contributed by atoms with E-state index < -0.39 is 0 Å². The monoisotopic (exact) mass is 198 g/mol. The lowest BCUT2D eigenvalue weighted by Gasteiger charge is -2.21. The van der Waals surface area contributed by atoms with Crippen molar-refractivity contribution in [3.05, 3.63) is 0 Å². The zero-order valence-corrected chi connectivity index (χ0v) is 8.99. The van der Waals surface area contributed by atoms with Gasteiger partial charge in [-0.05, 0) is 30.8 Å². The molecule has 2 nitrogen and oxygen atoms in total. The SMILES string of the molecule is CC#CCNC(CN)C1CCSC1. The molecule has 74 valence electrons. The van der Waals surface area contributed by atoms with Gasteiger partial charge in [-0.2, -0.15) is 11.8 Å². The average Bonchev–Trinajstić information content (AvgIpc) is 2.65. The summed E-state index contributed by atoms with van der Waals surface area (Å²) in [7, 11) is 0. The molecule has 1 rings (SSSR count). The van der Waals surface area contributed by atoms with Crippen molar-refractivity contribution < 1.29 is 0 Å². The van der Waals surface area contributed by atoms with Gasteiger partial charge in [0.05, 0.1) is 6.54 Å². The van der Waals surface area contributed by atoms with Crippen LogP contribution in [-0.2, 0) is 0 Å². The van der Waals surface area contributed by atoms with Crippen molar-refractivity contribution in [3.8, 4) is 11.8 Å². The number of nitrogens with one attached hydrogen (secondary N) is 1. The molecule has 3 heteroatoms. The molecule has 2 atom stereocenters. The van der Waals surface area contributed by atoms with E-state index in [-0.39, 0.29) is 0 Å². The summed E-state index contributed by atoms with van der Waals surface area (Å²) in [5, 5.41) is 3.40. The Balaban J connectivity index is 2.27. The van der Waals surface area contributed by atoms with Crippen LogP contribution in [0.4, 0.5) is 0 Å². The van der Waals surface area contributed by atoms with Gasteiger partial charge in [-0.3, -0.25) is 0 Å². The Morgan fingerprint density at radius 3 is 3.08 bits per heavy atom. The molecule has 0 amide bonds. The van der Waals surface area contributed by atoms with Gasteiger partial charge >= 0.3 is 0 Å². The topological polar surface area (TPSA) is 38.0 Å². The van der Waals surface area contributed by atoms with E-state index in [1.165, 1.54) is 17.9 Å². The lowest BCUT2D eigenvalue weighted by molar-refractivity contribution is 0.404. The Kier molecular flexibility index (Phi) is 5.29. The minimum absolute atomic E-state index is 0.468. The summed E-state index contributed by atoms with van der Waals surface area (Å²) in [6.07, 6.45) is 1.30. The largest absolute Gasteiger partial charge is 0.329 e. The third kappa shape index (κ3) is 3.60.